The average Bonchev–Trinajstić information content (AvgIpc) is 2.69. The number of carbonyl (C=O) groups is 1. The molecule has 0 bridgehead atoms. The van der Waals surface area contributed by atoms with Gasteiger partial charge in [0.05, 0.1) is 0 Å². The lowest BCUT2D eigenvalue weighted by atomic mass is 10.1. The van der Waals surface area contributed by atoms with Crippen molar-refractivity contribution in [3.63, 3.8) is 0 Å². The summed E-state index contributed by atoms with van der Waals surface area (Å²) in [5, 5.41) is 16.5. The van der Waals surface area contributed by atoms with E-state index in [1.54, 1.807) is 19.2 Å². The van der Waals surface area contributed by atoms with E-state index in [9.17, 15) is 14.7 Å². The fraction of sp³-hybridized carbons (Fsp3) is 0.250. The molecule has 100 valence electrons. The Bertz CT molecular complexity index is 675. The summed E-state index contributed by atoms with van der Waals surface area (Å²) in [6, 6.07) is 4.72. The summed E-state index contributed by atoms with van der Waals surface area (Å²) in [5.41, 5.74) is 0.890. The lowest BCUT2D eigenvalue weighted by molar-refractivity contribution is 0.101. The van der Waals surface area contributed by atoms with Gasteiger partial charge in [-0.25, -0.2) is 9.89 Å². The quantitative estimate of drug-likeness (QED) is 0.650. The van der Waals surface area contributed by atoms with Crippen LogP contribution in [-0.2, 0) is 12.8 Å². The molecule has 0 amide bonds. The summed E-state index contributed by atoms with van der Waals surface area (Å²) in [5.74, 6) is 0.488. The van der Waals surface area contributed by atoms with E-state index >= 15 is 0 Å². The topological polar surface area (TPSA) is 88.0 Å². The molecular formula is C12H13N3O3S. The summed E-state index contributed by atoms with van der Waals surface area (Å²) in [7, 11) is 1.61. The minimum absolute atomic E-state index is 0.0570. The maximum atomic E-state index is 11.3. The van der Waals surface area contributed by atoms with Crippen LogP contribution >= 0.6 is 11.8 Å². The zero-order valence-corrected chi connectivity index (χ0v) is 11.3. The zero-order chi connectivity index (χ0) is 14.0. The van der Waals surface area contributed by atoms with Crippen LogP contribution in [0.1, 0.15) is 22.8 Å². The van der Waals surface area contributed by atoms with Crippen LogP contribution in [-0.4, -0.2) is 25.7 Å². The first-order valence-corrected chi connectivity index (χ1v) is 6.54. The van der Waals surface area contributed by atoms with Crippen molar-refractivity contribution in [2.75, 3.05) is 0 Å². The van der Waals surface area contributed by atoms with Crippen molar-refractivity contribution in [2.24, 2.45) is 7.05 Å². The van der Waals surface area contributed by atoms with Gasteiger partial charge in [-0.3, -0.25) is 9.36 Å². The molecule has 0 saturated heterocycles. The molecule has 2 N–H and O–H groups in total. The number of carbonyl (C=O) groups excluding carboxylic acids is 1. The number of phenols is 1. The molecule has 1 heterocycles. The van der Waals surface area contributed by atoms with Crippen molar-refractivity contribution in [3.8, 4) is 5.75 Å². The van der Waals surface area contributed by atoms with E-state index < -0.39 is 0 Å². The van der Waals surface area contributed by atoms with Crippen LogP contribution in [0.3, 0.4) is 0 Å². The van der Waals surface area contributed by atoms with Gasteiger partial charge < -0.3 is 5.11 Å². The smallest absolute Gasteiger partial charge is 0.343 e. The predicted octanol–water partition coefficient (Wildman–Crippen LogP) is 1.31. The maximum absolute atomic E-state index is 11.3. The minimum Gasteiger partial charge on any atom is -0.508 e. The molecular weight excluding hydrogens is 266 g/mol. The number of thioether (sulfide) groups is 1. The van der Waals surface area contributed by atoms with Crippen molar-refractivity contribution < 1.29 is 9.90 Å². The van der Waals surface area contributed by atoms with Gasteiger partial charge in [0.15, 0.2) is 10.9 Å². The Hall–Kier alpha value is -2.02. The second-order valence-corrected chi connectivity index (χ2v) is 5.00. The number of hydrogen-bond acceptors (Lipinski definition) is 5. The van der Waals surface area contributed by atoms with Gasteiger partial charge in [-0.2, -0.15) is 0 Å². The number of nitrogens with zero attached hydrogens (tertiary/aromatic N) is 2. The standard InChI is InChI=1S/C12H13N3O3S/c1-7(16)8-3-4-10(17)9(5-8)6-19-12-14-13-11(18)15(12)2/h3-5,17H,6H2,1-2H3,(H,13,18). The second kappa shape index (κ2) is 5.31. The van der Waals surface area contributed by atoms with E-state index in [-0.39, 0.29) is 17.2 Å². The monoisotopic (exact) mass is 279 g/mol. The number of rotatable bonds is 4. The van der Waals surface area contributed by atoms with Crippen LogP contribution in [0.25, 0.3) is 0 Å². The Morgan fingerprint density at radius 3 is 2.84 bits per heavy atom. The Labute approximate surface area is 113 Å². The number of phenolic OH excluding ortho intramolecular Hbond substituents is 1. The molecule has 0 saturated carbocycles. The first-order chi connectivity index (χ1) is 8.99. The number of aromatic nitrogens is 3. The molecule has 19 heavy (non-hydrogen) atoms. The fourth-order valence-corrected chi connectivity index (χ4v) is 2.43. The highest BCUT2D eigenvalue weighted by Gasteiger charge is 2.09. The molecule has 0 fully saturated rings. The predicted molar refractivity (Wildman–Crippen MR) is 71.5 cm³/mol. The lowest BCUT2D eigenvalue weighted by Gasteiger charge is -2.05. The third kappa shape index (κ3) is 2.87. The zero-order valence-electron chi connectivity index (χ0n) is 10.5. The molecule has 6 nitrogen and oxygen atoms in total. The van der Waals surface area contributed by atoms with E-state index in [2.05, 4.69) is 10.2 Å². The van der Waals surface area contributed by atoms with Gasteiger partial charge in [0.1, 0.15) is 5.75 Å². The molecule has 2 rings (SSSR count). The first kappa shape index (κ1) is 13.4. The fourth-order valence-electron chi connectivity index (χ4n) is 1.52. The van der Waals surface area contributed by atoms with E-state index in [0.29, 0.717) is 22.0 Å². The van der Waals surface area contributed by atoms with Gasteiger partial charge in [0, 0.05) is 23.9 Å². The van der Waals surface area contributed by atoms with Gasteiger partial charge in [-0.15, -0.1) is 5.10 Å². The first-order valence-electron chi connectivity index (χ1n) is 5.56. The summed E-state index contributed by atoms with van der Waals surface area (Å²) in [6.07, 6.45) is 0. The molecule has 0 aliphatic carbocycles. The minimum atomic E-state index is -0.288. The van der Waals surface area contributed by atoms with Gasteiger partial charge >= 0.3 is 5.69 Å². The van der Waals surface area contributed by atoms with E-state index in [0.717, 1.165) is 0 Å². The number of ketones is 1. The number of hydrogen-bond donors (Lipinski definition) is 2. The highest BCUT2D eigenvalue weighted by Crippen LogP contribution is 2.26. The summed E-state index contributed by atoms with van der Waals surface area (Å²) in [6.45, 7) is 1.47. The van der Waals surface area contributed by atoms with Crippen LogP contribution in [0, 0.1) is 0 Å². The van der Waals surface area contributed by atoms with Crippen molar-refractivity contribution in [1.29, 1.82) is 0 Å². The van der Waals surface area contributed by atoms with Crippen LogP contribution < -0.4 is 5.69 Å². The third-order valence-corrected chi connectivity index (χ3v) is 3.76. The van der Waals surface area contributed by atoms with Gasteiger partial charge in [0.25, 0.3) is 0 Å². The van der Waals surface area contributed by atoms with Crippen LogP contribution in [0.4, 0.5) is 0 Å². The number of nitrogens with one attached hydrogen (secondary N) is 1. The summed E-state index contributed by atoms with van der Waals surface area (Å²) >= 11 is 1.30. The molecule has 0 atom stereocenters. The Balaban J connectivity index is 2.19. The Morgan fingerprint density at radius 2 is 2.26 bits per heavy atom. The largest absolute Gasteiger partial charge is 0.508 e. The SMILES string of the molecule is CC(=O)c1ccc(O)c(CSc2n[nH]c(=O)n2C)c1. The normalized spacial score (nSPS) is 10.6. The third-order valence-electron chi connectivity index (χ3n) is 2.68. The molecule has 1 aromatic carbocycles. The van der Waals surface area contributed by atoms with Gasteiger partial charge in [0.2, 0.25) is 0 Å². The van der Waals surface area contributed by atoms with Crippen molar-refractivity contribution in [2.45, 2.75) is 17.8 Å². The molecule has 0 spiro atoms. The number of Topliss-reactive ketones (excluding diaryl/α,β-unsaturated/α-hetero) is 1. The van der Waals surface area contributed by atoms with E-state index in [1.807, 2.05) is 0 Å². The van der Waals surface area contributed by atoms with Crippen molar-refractivity contribution >= 4 is 17.5 Å². The molecule has 0 unspecified atom stereocenters. The average molecular weight is 279 g/mol. The van der Waals surface area contributed by atoms with E-state index in [4.69, 9.17) is 0 Å². The second-order valence-electron chi connectivity index (χ2n) is 4.06. The lowest BCUT2D eigenvalue weighted by Crippen LogP contribution is -2.12. The van der Waals surface area contributed by atoms with Crippen molar-refractivity contribution in [1.82, 2.24) is 14.8 Å². The maximum Gasteiger partial charge on any atom is 0.343 e. The molecule has 7 heteroatoms. The molecule has 0 aliphatic heterocycles. The van der Waals surface area contributed by atoms with Gasteiger partial charge in [-0.05, 0) is 25.1 Å². The number of aromatic amines is 1. The number of benzene rings is 1. The molecule has 2 aromatic rings. The van der Waals surface area contributed by atoms with E-state index in [1.165, 1.54) is 29.3 Å². The molecule has 0 radical (unpaired) electrons. The van der Waals surface area contributed by atoms with Crippen LogP contribution in [0.2, 0.25) is 0 Å². The Kier molecular flexibility index (Phi) is 3.75. The van der Waals surface area contributed by atoms with Crippen LogP contribution in [0.15, 0.2) is 28.2 Å². The number of H-pyrrole nitrogens is 1. The molecule has 0 aliphatic rings. The van der Waals surface area contributed by atoms with Crippen LogP contribution in [0.5, 0.6) is 5.75 Å². The highest BCUT2D eigenvalue weighted by molar-refractivity contribution is 7.98. The molecule has 1 aromatic heterocycles. The van der Waals surface area contributed by atoms with Gasteiger partial charge in [-0.1, -0.05) is 11.8 Å². The number of aromatic hydroxyl groups is 1. The van der Waals surface area contributed by atoms with Crippen molar-refractivity contribution in [3.05, 3.63) is 39.8 Å². The Morgan fingerprint density at radius 1 is 1.53 bits per heavy atom. The summed E-state index contributed by atoms with van der Waals surface area (Å²) in [4.78, 5) is 22.5. The highest BCUT2D eigenvalue weighted by atomic mass is 32.2. The summed E-state index contributed by atoms with van der Waals surface area (Å²) < 4.78 is 1.39.